The van der Waals surface area contributed by atoms with Gasteiger partial charge in [0.25, 0.3) is 0 Å². The number of ether oxygens (including phenoxy) is 1. The van der Waals surface area contributed by atoms with E-state index in [1.54, 1.807) is 0 Å². The van der Waals surface area contributed by atoms with Crippen molar-refractivity contribution in [2.24, 2.45) is 5.92 Å². The molecule has 3 heteroatoms. The molecule has 1 aliphatic heterocycles. The van der Waals surface area contributed by atoms with Crippen LogP contribution in [0.3, 0.4) is 0 Å². The number of hydrogen-bond donors (Lipinski definition) is 0. The molecular formula is C12H22BrNO. The zero-order valence-electron chi connectivity index (χ0n) is 9.84. The van der Waals surface area contributed by atoms with Crippen LogP contribution in [-0.4, -0.2) is 41.6 Å². The smallest absolute Gasteiger partial charge is 0.0806 e. The Morgan fingerprint density at radius 2 is 2.13 bits per heavy atom. The molecule has 15 heavy (non-hydrogen) atoms. The van der Waals surface area contributed by atoms with Crippen LogP contribution in [0.1, 0.15) is 33.1 Å². The molecule has 88 valence electrons. The Hall–Kier alpha value is 0.400. The van der Waals surface area contributed by atoms with Crippen molar-refractivity contribution in [2.75, 3.05) is 25.0 Å². The Morgan fingerprint density at radius 3 is 2.67 bits per heavy atom. The third kappa shape index (κ3) is 3.18. The minimum absolute atomic E-state index is 0.0282. The third-order valence-electron chi connectivity index (χ3n) is 3.47. The van der Waals surface area contributed by atoms with Crippen LogP contribution in [0.4, 0.5) is 0 Å². The Morgan fingerprint density at radius 1 is 1.40 bits per heavy atom. The second-order valence-electron chi connectivity index (χ2n) is 5.64. The van der Waals surface area contributed by atoms with Crippen molar-refractivity contribution in [1.82, 2.24) is 4.90 Å². The van der Waals surface area contributed by atoms with Gasteiger partial charge in [-0.3, -0.25) is 4.90 Å². The van der Waals surface area contributed by atoms with Crippen LogP contribution >= 0.6 is 15.9 Å². The second kappa shape index (κ2) is 4.72. The maximum atomic E-state index is 6.00. The van der Waals surface area contributed by atoms with Crippen molar-refractivity contribution in [3.8, 4) is 0 Å². The molecule has 1 saturated heterocycles. The van der Waals surface area contributed by atoms with E-state index in [-0.39, 0.29) is 5.60 Å². The summed E-state index contributed by atoms with van der Waals surface area (Å²) in [6, 6.07) is 0. The molecule has 0 aromatic carbocycles. The molecule has 1 aliphatic carbocycles. The van der Waals surface area contributed by atoms with E-state index in [4.69, 9.17) is 4.74 Å². The van der Waals surface area contributed by atoms with E-state index in [0.29, 0.717) is 6.10 Å². The van der Waals surface area contributed by atoms with Crippen molar-refractivity contribution < 1.29 is 4.74 Å². The molecule has 0 N–H and O–H groups in total. The van der Waals surface area contributed by atoms with Gasteiger partial charge in [-0.15, -0.1) is 0 Å². The number of rotatable bonds is 3. The van der Waals surface area contributed by atoms with Gasteiger partial charge >= 0.3 is 0 Å². The summed E-state index contributed by atoms with van der Waals surface area (Å²) in [5, 5.41) is 0.956. The first-order chi connectivity index (χ1) is 7.09. The average Bonchev–Trinajstić information content (AvgIpc) is 2.09. The van der Waals surface area contributed by atoms with Crippen molar-refractivity contribution in [1.29, 1.82) is 0 Å². The van der Waals surface area contributed by atoms with Crippen molar-refractivity contribution >= 4 is 15.9 Å². The fraction of sp³-hybridized carbons (Fsp3) is 1.00. The predicted octanol–water partition coefficient (Wildman–Crippen LogP) is 2.66. The van der Waals surface area contributed by atoms with Crippen molar-refractivity contribution in [3.05, 3.63) is 0 Å². The molecule has 2 aliphatic rings. The van der Waals surface area contributed by atoms with Gasteiger partial charge in [0.1, 0.15) is 0 Å². The maximum absolute atomic E-state index is 6.00. The number of hydrogen-bond acceptors (Lipinski definition) is 2. The van der Waals surface area contributed by atoms with Crippen molar-refractivity contribution in [2.45, 2.75) is 44.8 Å². The lowest BCUT2D eigenvalue weighted by atomic mass is 9.84. The molecule has 1 heterocycles. The summed E-state index contributed by atoms with van der Waals surface area (Å²) in [7, 11) is 0. The molecule has 1 unspecified atom stereocenters. The van der Waals surface area contributed by atoms with E-state index in [0.717, 1.165) is 24.3 Å². The molecule has 0 amide bonds. The van der Waals surface area contributed by atoms with Gasteiger partial charge in [0.15, 0.2) is 0 Å². The third-order valence-corrected chi connectivity index (χ3v) is 4.19. The van der Waals surface area contributed by atoms with E-state index in [2.05, 4.69) is 34.7 Å². The molecule has 0 radical (unpaired) electrons. The summed E-state index contributed by atoms with van der Waals surface area (Å²) in [6.07, 6.45) is 4.70. The standard InChI is InChI=1S/C12H22BrNO/c1-12(2)9-14(7-10-4-3-5-10)8-11(6-13)15-12/h10-11H,3-9H2,1-2H3. The minimum atomic E-state index is 0.0282. The highest BCUT2D eigenvalue weighted by Gasteiger charge is 2.34. The van der Waals surface area contributed by atoms with Crippen LogP contribution in [0.15, 0.2) is 0 Å². The summed E-state index contributed by atoms with van der Waals surface area (Å²) in [6.45, 7) is 7.89. The molecule has 0 aromatic rings. The van der Waals surface area contributed by atoms with Gasteiger partial charge in [0.05, 0.1) is 11.7 Å². The van der Waals surface area contributed by atoms with E-state index in [1.165, 1.54) is 25.8 Å². The normalized spacial score (nSPS) is 32.6. The Bertz CT molecular complexity index is 214. The van der Waals surface area contributed by atoms with Gasteiger partial charge in [-0.05, 0) is 32.6 Å². The van der Waals surface area contributed by atoms with Crippen molar-refractivity contribution in [3.63, 3.8) is 0 Å². The Balaban J connectivity index is 1.87. The topological polar surface area (TPSA) is 12.5 Å². The molecule has 0 aromatic heterocycles. The van der Waals surface area contributed by atoms with Gasteiger partial charge in [-0.25, -0.2) is 0 Å². The zero-order valence-corrected chi connectivity index (χ0v) is 11.4. The van der Waals surface area contributed by atoms with E-state index >= 15 is 0 Å². The quantitative estimate of drug-likeness (QED) is 0.735. The van der Waals surface area contributed by atoms with Crippen LogP contribution in [0.25, 0.3) is 0 Å². The summed E-state index contributed by atoms with van der Waals surface area (Å²) in [4.78, 5) is 2.60. The highest BCUT2D eigenvalue weighted by atomic mass is 79.9. The highest BCUT2D eigenvalue weighted by Crippen LogP contribution is 2.29. The molecule has 0 bridgehead atoms. The Kier molecular flexibility index (Phi) is 3.74. The van der Waals surface area contributed by atoms with Gasteiger partial charge in [0, 0.05) is 25.0 Å². The largest absolute Gasteiger partial charge is 0.369 e. The first-order valence-corrected chi connectivity index (χ1v) is 7.17. The van der Waals surface area contributed by atoms with E-state index in [9.17, 15) is 0 Å². The molecule has 2 rings (SSSR count). The first kappa shape index (κ1) is 11.9. The number of alkyl halides is 1. The molecule has 1 saturated carbocycles. The van der Waals surface area contributed by atoms with Crippen LogP contribution in [0.2, 0.25) is 0 Å². The van der Waals surface area contributed by atoms with Gasteiger partial charge in [-0.2, -0.15) is 0 Å². The molecule has 2 nitrogen and oxygen atoms in total. The van der Waals surface area contributed by atoms with Gasteiger partial charge in [0.2, 0.25) is 0 Å². The molecule has 2 fully saturated rings. The summed E-state index contributed by atoms with van der Waals surface area (Å²) >= 11 is 3.54. The minimum Gasteiger partial charge on any atom is -0.369 e. The SMILES string of the molecule is CC1(C)CN(CC2CCC2)CC(CBr)O1. The first-order valence-electron chi connectivity index (χ1n) is 6.05. The lowest BCUT2D eigenvalue weighted by Crippen LogP contribution is -2.54. The summed E-state index contributed by atoms with van der Waals surface area (Å²) in [5.41, 5.74) is 0.0282. The maximum Gasteiger partial charge on any atom is 0.0806 e. The number of nitrogens with zero attached hydrogens (tertiary/aromatic N) is 1. The van der Waals surface area contributed by atoms with Gasteiger partial charge < -0.3 is 4.74 Å². The Labute approximate surface area is 101 Å². The fourth-order valence-electron chi connectivity index (χ4n) is 2.68. The predicted molar refractivity (Wildman–Crippen MR) is 66.5 cm³/mol. The number of morpholine rings is 1. The lowest BCUT2D eigenvalue weighted by Gasteiger charge is -2.44. The lowest BCUT2D eigenvalue weighted by molar-refractivity contribution is -0.130. The summed E-state index contributed by atoms with van der Waals surface area (Å²) in [5.74, 6) is 0.967. The zero-order chi connectivity index (χ0) is 10.9. The van der Waals surface area contributed by atoms with E-state index < -0.39 is 0 Å². The van der Waals surface area contributed by atoms with Crippen LogP contribution in [0, 0.1) is 5.92 Å². The molecule has 0 spiro atoms. The fourth-order valence-corrected chi connectivity index (χ4v) is 3.01. The molecule has 1 atom stereocenters. The average molecular weight is 276 g/mol. The van der Waals surface area contributed by atoms with Crippen LogP contribution < -0.4 is 0 Å². The van der Waals surface area contributed by atoms with E-state index in [1.807, 2.05) is 0 Å². The van der Waals surface area contributed by atoms with Crippen LogP contribution in [-0.2, 0) is 4.74 Å². The molecular weight excluding hydrogens is 254 g/mol. The summed E-state index contributed by atoms with van der Waals surface area (Å²) < 4.78 is 6.00. The monoisotopic (exact) mass is 275 g/mol. The highest BCUT2D eigenvalue weighted by molar-refractivity contribution is 9.09. The van der Waals surface area contributed by atoms with Crippen LogP contribution in [0.5, 0.6) is 0 Å². The van der Waals surface area contributed by atoms with Gasteiger partial charge in [-0.1, -0.05) is 22.4 Å². The second-order valence-corrected chi connectivity index (χ2v) is 6.29. The number of halogens is 1.